The zero-order chi connectivity index (χ0) is 37.8. The lowest BCUT2D eigenvalue weighted by atomic mass is 9.93. The molecule has 1 aliphatic rings. The Hall–Kier alpha value is -5.10. The minimum absolute atomic E-state index is 0.0189. The predicted molar refractivity (Wildman–Crippen MR) is 200 cm³/mol. The Morgan fingerprint density at radius 2 is 1.85 bits per heavy atom. The highest BCUT2D eigenvalue weighted by Gasteiger charge is 2.24. The summed E-state index contributed by atoms with van der Waals surface area (Å²) in [7, 11) is 0. The van der Waals surface area contributed by atoms with Crippen LogP contribution in [0.2, 0.25) is 0 Å². The van der Waals surface area contributed by atoms with Crippen molar-refractivity contribution in [3.8, 4) is 11.9 Å². The minimum Gasteiger partial charge on any atom is -0.473 e. The molecule has 0 bridgehead atoms. The smallest absolute Gasteiger partial charge is 0.248 e. The van der Waals surface area contributed by atoms with E-state index in [2.05, 4.69) is 23.7 Å². The maximum absolute atomic E-state index is 14.2. The van der Waals surface area contributed by atoms with Gasteiger partial charge in [-0.3, -0.25) is 14.7 Å². The zero-order valence-electron chi connectivity index (χ0n) is 30.5. The number of amides is 1. The van der Waals surface area contributed by atoms with Crippen molar-refractivity contribution in [2.75, 3.05) is 32.8 Å². The van der Waals surface area contributed by atoms with Crippen molar-refractivity contribution in [1.82, 2.24) is 19.4 Å². The lowest BCUT2D eigenvalue weighted by Crippen LogP contribution is -2.35. The molecule has 5 rings (SSSR count). The minimum atomic E-state index is -0.498. The van der Waals surface area contributed by atoms with Gasteiger partial charge in [0.1, 0.15) is 18.2 Å². The number of piperidine rings is 1. The first-order valence-electron chi connectivity index (χ1n) is 17.5. The van der Waals surface area contributed by atoms with E-state index in [1.807, 2.05) is 36.6 Å². The van der Waals surface area contributed by atoms with Gasteiger partial charge in [-0.25, -0.2) is 14.4 Å². The molecular weight excluding hydrogens is 663 g/mol. The molecule has 1 saturated heterocycles. The molecule has 0 aliphatic carbocycles. The molecule has 3 heterocycles. The molecule has 1 fully saturated rings. The predicted octanol–water partition coefficient (Wildman–Crippen LogP) is 4.17. The summed E-state index contributed by atoms with van der Waals surface area (Å²) in [6.07, 6.45) is 1.81. The average molecular weight is 715 g/mol. The number of rotatable bonds is 14. The maximum atomic E-state index is 14.2. The summed E-state index contributed by atoms with van der Waals surface area (Å²) in [4.78, 5) is 27.8. The number of benzene rings is 2. The lowest BCUT2D eigenvalue weighted by Gasteiger charge is -2.31. The van der Waals surface area contributed by atoms with Gasteiger partial charge in [-0.05, 0) is 82.1 Å². The number of halogens is 1. The first-order valence-corrected chi connectivity index (χ1v) is 17.5. The molecule has 0 spiro atoms. The molecule has 2 aromatic heterocycles. The van der Waals surface area contributed by atoms with Gasteiger partial charge in [-0.2, -0.15) is 5.26 Å². The van der Waals surface area contributed by atoms with Crippen LogP contribution in [0.5, 0.6) is 5.88 Å². The van der Waals surface area contributed by atoms with E-state index in [0.717, 1.165) is 55.1 Å². The lowest BCUT2D eigenvalue weighted by molar-refractivity contribution is -0.0237. The van der Waals surface area contributed by atoms with Crippen LogP contribution in [-0.2, 0) is 24.4 Å². The molecule has 2 aromatic carbocycles. The average Bonchev–Trinajstić information content (AvgIpc) is 3.46. The van der Waals surface area contributed by atoms with Gasteiger partial charge in [-0.15, -0.1) is 0 Å². The summed E-state index contributed by atoms with van der Waals surface area (Å²) in [5, 5.41) is 8.93. The number of aliphatic imine (C=N–C) groups is 1. The zero-order valence-corrected chi connectivity index (χ0v) is 30.5. The molecule has 52 heavy (non-hydrogen) atoms. The molecular formula is C38H51FN10O3. The number of hydrogen-bond acceptors (Lipinski definition) is 9. The van der Waals surface area contributed by atoms with E-state index in [0.29, 0.717) is 49.1 Å². The van der Waals surface area contributed by atoms with Crippen LogP contribution in [0.25, 0.3) is 11.0 Å². The first-order chi connectivity index (χ1) is 24.8. The van der Waals surface area contributed by atoms with E-state index >= 15 is 0 Å². The number of pyridine rings is 1. The second kappa shape index (κ2) is 18.4. The topological polar surface area (TPSA) is 210 Å². The van der Waals surface area contributed by atoms with Crippen molar-refractivity contribution in [3.05, 3.63) is 88.6 Å². The number of hydrogen-bond donors (Lipinski definition) is 4. The Balaban J connectivity index is 0.000000530. The van der Waals surface area contributed by atoms with Crippen LogP contribution in [0.1, 0.15) is 79.5 Å². The number of aromatic nitrogens is 3. The number of guanidine groups is 1. The van der Waals surface area contributed by atoms with E-state index in [4.69, 9.17) is 47.6 Å². The summed E-state index contributed by atoms with van der Waals surface area (Å²) in [6, 6.07) is 17.1. The number of nitriles is 1. The van der Waals surface area contributed by atoms with Gasteiger partial charge < -0.3 is 37.0 Å². The molecule has 0 atom stereocenters. The number of likely N-dealkylation sites (tertiary alicyclic amines) is 1. The molecule has 14 heteroatoms. The summed E-state index contributed by atoms with van der Waals surface area (Å²) in [5.41, 5.74) is 25.4. The normalized spacial score (nSPS) is 13.7. The molecule has 4 aromatic rings. The molecule has 0 unspecified atom stereocenters. The highest BCUT2D eigenvalue weighted by atomic mass is 19.1. The standard InChI is InChI=1S/C30H32FN9O2.C8H19NO/c31-23-14-19(16-32)4-5-22(23)18-42-28-3-1-2-24(38-28)20-8-11-39(12-9-20)17-27-37-25-7-6-21(29(33)41)15-26(25)40(27)13-10-36-30(34)35;1-7(2)5-10-8(3,4)6-9/h1-7,14-15,20H,8-13,17-18H2,(H2,33,41)(H4,34,35,36);7H,5-6,9H2,1-4H3. The Labute approximate surface area is 304 Å². The van der Waals surface area contributed by atoms with Crippen molar-refractivity contribution in [2.24, 2.45) is 33.8 Å². The van der Waals surface area contributed by atoms with Crippen LogP contribution in [0.4, 0.5) is 4.39 Å². The monoisotopic (exact) mass is 714 g/mol. The van der Waals surface area contributed by atoms with Crippen LogP contribution in [0.15, 0.2) is 59.6 Å². The third-order valence-electron chi connectivity index (χ3n) is 8.70. The van der Waals surface area contributed by atoms with Crippen molar-refractivity contribution < 1.29 is 18.7 Å². The highest BCUT2D eigenvalue weighted by molar-refractivity contribution is 5.96. The van der Waals surface area contributed by atoms with Gasteiger partial charge in [0, 0.05) is 48.5 Å². The third-order valence-corrected chi connectivity index (χ3v) is 8.70. The Morgan fingerprint density at radius 1 is 1.10 bits per heavy atom. The first kappa shape index (κ1) is 39.7. The Bertz CT molecular complexity index is 1870. The van der Waals surface area contributed by atoms with Crippen LogP contribution in [0, 0.1) is 23.1 Å². The number of imidazole rings is 1. The van der Waals surface area contributed by atoms with E-state index in [1.54, 1.807) is 36.4 Å². The molecule has 0 saturated carbocycles. The van der Waals surface area contributed by atoms with Crippen LogP contribution in [0.3, 0.4) is 0 Å². The molecule has 278 valence electrons. The molecule has 1 amide bonds. The highest BCUT2D eigenvalue weighted by Crippen LogP contribution is 2.29. The van der Waals surface area contributed by atoms with Gasteiger partial charge in [0.15, 0.2) is 5.96 Å². The SMILES string of the molecule is CC(C)COC(C)(C)CN.N#Cc1ccc(COc2cccc(C3CCN(Cc4nc5ccc(C(N)=O)cc5n4CCN=C(N)N)CC3)n2)c(F)c1. The molecule has 0 radical (unpaired) electrons. The van der Waals surface area contributed by atoms with Crippen LogP contribution >= 0.6 is 0 Å². The molecule has 13 nitrogen and oxygen atoms in total. The summed E-state index contributed by atoms with van der Waals surface area (Å²) < 4.78 is 27.6. The summed E-state index contributed by atoms with van der Waals surface area (Å²) >= 11 is 0. The number of primary amides is 1. The fraction of sp³-hybridized carbons (Fsp3) is 0.447. The number of nitrogens with two attached hydrogens (primary N) is 4. The van der Waals surface area contributed by atoms with Crippen LogP contribution < -0.4 is 27.7 Å². The largest absolute Gasteiger partial charge is 0.473 e. The van der Waals surface area contributed by atoms with Gasteiger partial charge in [0.25, 0.3) is 0 Å². The number of ether oxygens (including phenoxy) is 2. The van der Waals surface area contributed by atoms with Gasteiger partial charge >= 0.3 is 0 Å². The summed E-state index contributed by atoms with van der Waals surface area (Å²) in [5.74, 6) is 1.19. The van der Waals surface area contributed by atoms with Crippen molar-refractivity contribution >= 4 is 22.9 Å². The summed E-state index contributed by atoms with van der Waals surface area (Å²) in [6.45, 7) is 12.9. The third kappa shape index (κ3) is 11.5. The fourth-order valence-electron chi connectivity index (χ4n) is 5.64. The van der Waals surface area contributed by atoms with E-state index in [-0.39, 0.29) is 29.6 Å². The van der Waals surface area contributed by atoms with Gasteiger partial charge in [0.2, 0.25) is 11.8 Å². The maximum Gasteiger partial charge on any atom is 0.248 e. The second-order valence-corrected chi connectivity index (χ2v) is 13.9. The number of nitrogens with zero attached hydrogens (tertiary/aromatic N) is 6. The second-order valence-electron chi connectivity index (χ2n) is 13.9. The van der Waals surface area contributed by atoms with Gasteiger partial charge in [0.05, 0.1) is 41.4 Å². The Kier molecular flexibility index (Phi) is 14.0. The van der Waals surface area contributed by atoms with E-state index < -0.39 is 11.7 Å². The number of carbonyl (C=O) groups is 1. The Morgan fingerprint density at radius 3 is 2.48 bits per heavy atom. The van der Waals surface area contributed by atoms with Crippen LogP contribution in [-0.4, -0.2) is 69.7 Å². The van der Waals surface area contributed by atoms with Crippen molar-refractivity contribution in [1.29, 1.82) is 5.26 Å². The van der Waals surface area contributed by atoms with E-state index in [9.17, 15) is 9.18 Å². The number of fused-ring (bicyclic) bond motifs is 1. The van der Waals surface area contributed by atoms with Crippen molar-refractivity contribution in [3.63, 3.8) is 0 Å². The van der Waals surface area contributed by atoms with Crippen molar-refractivity contribution in [2.45, 2.75) is 71.8 Å². The fourth-order valence-corrected chi connectivity index (χ4v) is 5.64. The quantitative estimate of drug-likeness (QED) is 0.108. The van der Waals surface area contributed by atoms with E-state index in [1.165, 1.54) is 6.07 Å². The van der Waals surface area contributed by atoms with Gasteiger partial charge in [-0.1, -0.05) is 26.0 Å². The number of carbonyl (C=O) groups excluding carboxylic acids is 1. The molecule has 1 aliphatic heterocycles. The molecule has 8 N–H and O–H groups in total.